The van der Waals surface area contributed by atoms with E-state index in [4.69, 9.17) is 5.11 Å². The van der Waals surface area contributed by atoms with Crippen molar-refractivity contribution < 1.29 is 19.6 Å². The number of hydrogen-bond donors (Lipinski definition) is 1. The summed E-state index contributed by atoms with van der Waals surface area (Å²) < 4.78 is 0. The van der Waals surface area contributed by atoms with Crippen LogP contribution in [0.3, 0.4) is 0 Å². The molecule has 32 heavy (non-hydrogen) atoms. The summed E-state index contributed by atoms with van der Waals surface area (Å²) in [5.41, 5.74) is 1.59. The average Bonchev–Trinajstić information content (AvgIpc) is 2.78. The van der Waals surface area contributed by atoms with Crippen molar-refractivity contribution in [2.75, 3.05) is 13.1 Å². The number of nitrogens with zero attached hydrogens (tertiary/aromatic N) is 2. The summed E-state index contributed by atoms with van der Waals surface area (Å²) in [6.45, 7) is 8.68. The third-order valence-corrected chi connectivity index (χ3v) is 6.81. The molecule has 0 spiro atoms. The van der Waals surface area contributed by atoms with E-state index in [1.807, 2.05) is 24.3 Å². The largest absolute Gasteiger partial charge is 0.481 e. The molecular weight excluding hydrogens is 428 g/mol. The fourth-order valence-electron chi connectivity index (χ4n) is 3.75. The zero-order valence-electron chi connectivity index (χ0n) is 18.1. The van der Waals surface area contributed by atoms with Gasteiger partial charge >= 0.3 is 5.97 Å². The van der Waals surface area contributed by atoms with Gasteiger partial charge in [0.2, 0.25) is 0 Å². The van der Waals surface area contributed by atoms with Gasteiger partial charge in [-0.25, -0.2) is 0 Å². The average molecular weight is 455 g/mol. The lowest BCUT2D eigenvalue weighted by Crippen LogP contribution is -2.40. The van der Waals surface area contributed by atoms with Gasteiger partial charge in [0.15, 0.2) is 0 Å². The number of amides is 1. The van der Waals surface area contributed by atoms with Crippen LogP contribution in [0.2, 0.25) is 0 Å². The number of hydrogen-bond acceptors (Lipinski definition) is 5. The normalized spacial score (nSPS) is 14.4. The highest BCUT2D eigenvalue weighted by Crippen LogP contribution is 2.39. The molecule has 0 unspecified atom stereocenters. The Labute approximate surface area is 191 Å². The molecule has 0 atom stereocenters. The lowest BCUT2D eigenvalue weighted by Gasteiger charge is -2.30. The van der Waals surface area contributed by atoms with E-state index in [1.165, 1.54) is 17.8 Å². The second-order valence-electron chi connectivity index (χ2n) is 8.12. The topological polar surface area (TPSA) is 101 Å². The highest BCUT2D eigenvalue weighted by Gasteiger charge is 2.29. The van der Waals surface area contributed by atoms with Crippen LogP contribution in [0.5, 0.6) is 0 Å². The Morgan fingerprint density at radius 2 is 1.81 bits per heavy atom. The van der Waals surface area contributed by atoms with Gasteiger partial charge in [0.25, 0.3) is 11.6 Å². The second-order valence-corrected chi connectivity index (χ2v) is 9.20. The van der Waals surface area contributed by atoms with Crippen LogP contribution in [0.15, 0.2) is 58.8 Å². The summed E-state index contributed by atoms with van der Waals surface area (Å²) >= 11 is 1.34. The Kier molecular flexibility index (Phi) is 7.35. The molecule has 1 aliphatic rings. The minimum atomic E-state index is -0.848. The molecule has 7 nitrogen and oxygen atoms in total. The molecule has 3 rings (SSSR count). The number of carbonyl (C=O) groups is 2. The van der Waals surface area contributed by atoms with Gasteiger partial charge in [-0.05, 0) is 42.0 Å². The number of nitro benzene ring substituents is 1. The van der Waals surface area contributed by atoms with Gasteiger partial charge in [-0.3, -0.25) is 19.7 Å². The first-order valence-electron chi connectivity index (χ1n) is 10.5. The molecule has 168 valence electrons. The molecule has 2 aromatic rings. The van der Waals surface area contributed by atoms with Crippen LogP contribution in [0.1, 0.15) is 43.7 Å². The van der Waals surface area contributed by atoms with Crippen LogP contribution in [0, 0.1) is 16.0 Å². The first-order chi connectivity index (χ1) is 15.2. The summed E-state index contributed by atoms with van der Waals surface area (Å²) in [5, 5.41) is 20.9. The van der Waals surface area contributed by atoms with Crippen LogP contribution in [0.25, 0.3) is 5.57 Å². The number of rotatable bonds is 7. The summed E-state index contributed by atoms with van der Waals surface area (Å²) in [6, 6.07) is 12.5. The van der Waals surface area contributed by atoms with Gasteiger partial charge in [0, 0.05) is 29.6 Å². The van der Waals surface area contributed by atoms with Crippen molar-refractivity contribution in [3.05, 3.63) is 70.3 Å². The maximum absolute atomic E-state index is 12.9. The Morgan fingerprint density at radius 3 is 2.41 bits per heavy atom. The fraction of sp³-hybridized carbons (Fsp3) is 0.333. The van der Waals surface area contributed by atoms with Crippen molar-refractivity contribution in [1.82, 2.24) is 4.90 Å². The van der Waals surface area contributed by atoms with Gasteiger partial charge in [0.1, 0.15) is 0 Å². The van der Waals surface area contributed by atoms with E-state index >= 15 is 0 Å². The molecule has 1 amide bonds. The van der Waals surface area contributed by atoms with E-state index in [2.05, 4.69) is 20.4 Å². The van der Waals surface area contributed by atoms with Crippen LogP contribution in [0.4, 0.5) is 5.69 Å². The van der Waals surface area contributed by atoms with E-state index in [9.17, 15) is 19.7 Å². The molecule has 1 heterocycles. The highest BCUT2D eigenvalue weighted by molar-refractivity contribution is 7.99. The Bertz CT molecular complexity index is 1060. The quantitative estimate of drug-likeness (QED) is 0.350. The maximum atomic E-state index is 12.9. The third-order valence-electron chi connectivity index (χ3n) is 5.65. The molecule has 0 saturated carbocycles. The molecular formula is C24H26N2O5S. The van der Waals surface area contributed by atoms with Crippen LogP contribution in [-0.2, 0) is 9.59 Å². The summed E-state index contributed by atoms with van der Waals surface area (Å²) in [7, 11) is 0. The van der Waals surface area contributed by atoms with Crippen LogP contribution in [-0.4, -0.2) is 39.9 Å². The first kappa shape index (κ1) is 23.5. The minimum absolute atomic E-state index is 0.0791. The van der Waals surface area contributed by atoms with Crippen LogP contribution >= 0.6 is 11.8 Å². The lowest BCUT2D eigenvalue weighted by atomic mass is 9.96. The number of piperidine rings is 1. The number of aliphatic carboxylic acids is 1. The second kappa shape index (κ2) is 9.99. The lowest BCUT2D eigenvalue weighted by molar-refractivity contribution is -0.387. The van der Waals surface area contributed by atoms with Crippen LogP contribution < -0.4 is 0 Å². The standard InChI is InChI=1S/C24H26N2O5S/c1-15(2)19-6-4-5-7-21(19)32-22-9-8-18(14-20(22)26(30)31)16(3)23(27)25-12-10-17(11-13-25)24(28)29/h4-9,14-15,17H,3,10-13H2,1-2H3,(H,28,29). The zero-order valence-corrected chi connectivity index (χ0v) is 18.9. The number of carboxylic acid groups (broad SMARTS) is 1. The number of carboxylic acids is 1. The number of benzene rings is 2. The smallest absolute Gasteiger partial charge is 0.306 e. The van der Waals surface area contributed by atoms with Gasteiger partial charge in [0.05, 0.1) is 15.7 Å². The Morgan fingerprint density at radius 1 is 1.16 bits per heavy atom. The van der Waals surface area contributed by atoms with Crippen molar-refractivity contribution in [2.45, 2.75) is 42.4 Å². The van der Waals surface area contributed by atoms with Crippen molar-refractivity contribution >= 4 is 34.9 Å². The van der Waals surface area contributed by atoms with Gasteiger partial charge in [-0.1, -0.05) is 56.5 Å². The number of nitro groups is 1. The zero-order chi connectivity index (χ0) is 23.4. The molecule has 8 heteroatoms. The van der Waals surface area contributed by atoms with Crippen molar-refractivity contribution in [1.29, 1.82) is 0 Å². The first-order valence-corrected chi connectivity index (χ1v) is 11.3. The maximum Gasteiger partial charge on any atom is 0.306 e. The molecule has 0 aromatic heterocycles. The molecule has 1 saturated heterocycles. The van der Waals surface area contributed by atoms with E-state index < -0.39 is 16.8 Å². The molecule has 0 radical (unpaired) electrons. The number of likely N-dealkylation sites (tertiary alicyclic amines) is 1. The fourth-order valence-corrected chi connectivity index (χ4v) is 4.93. The van der Waals surface area contributed by atoms with Crippen molar-refractivity contribution in [3.63, 3.8) is 0 Å². The Hall–Kier alpha value is -3.13. The molecule has 0 aliphatic carbocycles. The van der Waals surface area contributed by atoms with Gasteiger partial charge in [-0.15, -0.1) is 0 Å². The van der Waals surface area contributed by atoms with Gasteiger partial charge < -0.3 is 10.0 Å². The molecule has 0 bridgehead atoms. The highest BCUT2D eigenvalue weighted by atomic mass is 32.2. The number of carbonyl (C=O) groups excluding carboxylic acids is 1. The summed E-state index contributed by atoms with van der Waals surface area (Å²) in [6.07, 6.45) is 0.776. The van der Waals surface area contributed by atoms with E-state index in [0.29, 0.717) is 36.4 Å². The van der Waals surface area contributed by atoms with E-state index in [-0.39, 0.29) is 23.1 Å². The SMILES string of the molecule is C=C(C(=O)N1CCC(C(=O)O)CC1)c1ccc(Sc2ccccc2C(C)C)c([N+](=O)[O-])c1. The molecule has 1 N–H and O–H groups in total. The minimum Gasteiger partial charge on any atom is -0.481 e. The van der Waals surface area contributed by atoms with Crippen molar-refractivity contribution in [2.24, 2.45) is 5.92 Å². The molecule has 2 aromatic carbocycles. The third kappa shape index (κ3) is 5.19. The summed E-state index contributed by atoms with van der Waals surface area (Å²) in [4.78, 5) is 38.3. The predicted octanol–water partition coefficient (Wildman–Crippen LogP) is 5.21. The van der Waals surface area contributed by atoms with E-state index in [1.54, 1.807) is 17.0 Å². The van der Waals surface area contributed by atoms with Gasteiger partial charge in [-0.2, -0.15) is 0 Å². The monoisotopic (exact) mass is 454 g/mol. The summed E-state index contributed by atoms with van der Waals surface area (Å²) in [5.74, 6) is -1.34. The molecule has 1 fully saturated rings. The Balaban J connectivity index is 1.82. The van der Waals surface area contributed by atoms with Crippen molar-refractivity contribution in [3.8, 4) is 0 Å². The predicted molar refractivity (Wildman–Crippen MR) is 124 cm³/mol. The molecule has 1 aliphatic heterocycles. The van der Waals surface area contributed by atoms with E-state index in [0.717, 1.165) is 10.5 Å².